The van der Waals surface area contributed by atoms with Crippen LogP contribution in [-0.4, -0.2) is 30.5 Å². The first kappa shape index (κ1) is 8.35. The molecule has 1 unspecified atom stereocenters. The Morgan fingerprint density at radius 1 is 1.42 bits per heavy atom. The summed E-state index contributed by atoms with van der Waals surface area (Å²) in [5.41, 5.74) is 1.43. The molecule has 0 aromatic carbocycles. The van der Waals surface area contributed by atoms with E-state index in [2.05, 4.69) is 33.4 Å². The van der Waals surface area contributed by atoms with E-state index in [0.717, 1.165) is 13.1 Å². The monoisotopic (exact) mass is 184 g/mol. The van der Waals surface area contributed by atoms with Crippen LogP contribution >= 0.6 is 11.1 Å². The molecule has 0 radical (unpaired) electrons. The Labute approximate surface area is 76.8 Å². The Bertz CT molecular complexity index is 217. The fourth-order valence-corrected chi connectivity index (χ4v) is 3.54. The van der Waals surface area contributed by atoms with Crippen molar-refractivity contribution in [2.45, 2.75) is 6.92 Å². The minimum atomic E-state index is -0.0519. The summed E-state index contributed by atoms with van der Waals surface area (Å²) in [4.78, 5) is 0. The van der Waals surface area contributed by atoms with Gasteiger partial charge < -0.3 is 5.32 Å². The Kier molecular flexibility index (Phi) is 2.54. The molecule has 2 nitrogen and oxygen atoms in total. The molecule has 0 aromatic rings. The van der Waals surface area contributed by atoms with E-state index in [1.54, 1.807) is 0 Å². The molecule has 12 heavy (non-hydrogen) atoms. The molecule has 0 saturated carbocycles. The molecule has 2 aliphatic heterocycles. The van der Waals surface area contributed by atoms with Crippen LogP contribution in [0.2, 0.25) is 0 Å². The summed E-state index contributed by atoms with van der Waals surface area (Å²) in [7, 11) is 0. The van der Waals surface area contributed by atoms with Gasteiger partial charge in [-0.2, -0.15) is 11.1 Å². The van der Waals surface area contributed by atoms with Gasteiger partial charge in [-0.1, -0.05) is 6.08 Å². The molecule has 68 valence electrons. The van der Waals surface area contributed by atoms with Crippen molar-refractivity contribution in [2.24, 2.45) is 0 Å². The van der Waals surface area contributed by atoms with E-state index in [1.807, 2.05) is 0 Å². The Morgan fingerprint density at radius 2 is 2.17 bits per heavy atom. The summed E-state index contributed by atoms with van der Waals surface area (Å²) in [5.74, 6) is 0. The van der Waals surface area contributed by atoms with Crippen molar-refractivity contribution in [1.29, 1.82) is 0 Å². The highest BCUT2D eigenvalue weighted by molar-refractivity contribution is 8.20. The van der Waals surface area contributed by atoms with Crippen LogP contribution in [0.1, 0.15) is 6.92 Å². The van der Waals surface area contributed by atoms with Crippen LogP contribution in [-0.2, 0) is 0 Å². The third-order valence-corrected chi connectivity index (χ3v) is 4.43. The molecule has 2 aliphatic rings. The third kappa shape index (κ3) is 1.73. The second kappa shape index (κ2) is 3.64. The van der Waals surface area contributed by atoms with Crippen molar-refractivity contribution in [3.63, 3.8) is 0 Å². The van der Waals surface area contributed by atoms with Gasteiger partial charge in [0.1, 0.15) is 0 Å². The summed E-state index contributed by atoms with van der Waals surface area (Å²) >= 11 is -0.0519. The number of nitrogens with one attached hydrogen (secondary N) is 1. The van der Waals surface area contributed by atoms with Gasteiger partial charge in [-0.05, 0) is 23.3 Å². The number of allylic oxidation sites excluding steroid dienone is 2. The van der Waals surface area contributed by atoms with Crippen molar-refractivity contribution in [2.75, 3.05) is 26.2 Å². The summed E-state index contributed by atoms with van der Waals surface area (Å²) < 4.78 is 2.58. The number of nitrogens with zero attached hydrogens (tertiary/aromatic N) is 1. The van der Waals surface area contributed by atoms with Crippen LogP contribution in [0.3, 0.4) is 0 Å². The standard InChI is InChI=1S/C9H16N2S/c1-9-2-7-12(8-9)11-5-3-10-4-6-11/h2,7-8,10,12H,3-6H2,1H3. The molecule has 0 aromatic heterocycles. The number of hydrogen-bond acceptors (Lipinski definition) is 2. The molecule has 0 amide bonds. The maximum absolute atomic E-state index is 3.37. The van der Waals surface area contributed by atoms with Gasteiger partial charge in [0.2, 0.25) is 0 Å². The molecular formula is C9H16N2S. The zero-order valence-electron chi connectivity index (χ0n) is 7.45. The maximum Gasteiger partial charge on any atom is 0.0204 e. The second-order valence-electron chi connectivity index (χ2n) is 3.27. The Hall–Kier alpha value is -0.250. The lowest BCUT2D eigenvalue weighted by molar-refractivity contribution is 0.395. The molecule has 2 heterocycles. The van der Waals surface area contributed by atoms with E-state index in [9.17, 15) is 0 Å². The lowest BCUT2D eigenvalue weighted by atomic mass is 10.4. The van der Waals surface area contributed by atoms with E-state index < -0.39 is 0 Å². The van der Waals surface area contributed by atoms with Gasteiger partial charge in [0.25, 0.3) is 0 Å². The lowest BCUT2D eigenvalue weighted by Crippen LogP contribution is -2.40. The van der Waals surface area contributed by atoms with Crippen molar-refractivity contribution >= 4 is 11.1 Å². The zero-order valence-corrected chi connectivity index (χ0v) is 8.35. The molecule has 0 spiro atoms. The molecule has 0 bridgehead atoms. The summed E-state index contributed by atoms with van der Waals surface area (Å²) in [6.45, 7) is 6.90. The minimum Gasteiger partial charge on any atom is -0.314 e. The molecule has 0 aliphatic carbocycles. The molecule has 1 fully saturated rings. The van der Waals surface area contributed by atoms with Crippen LogP contribution in [0.4, 0.5) is 0 Å². The first-order valence-corrected chi connectivity index (χ1v) is 5.90. The maximum atomic E-state index is 3.37. The van der Waals surface area contributed by atoms with Crippen LogP contribution in [0.5, 0.6) is 0 Å². The number of thiol groups is 1. The highest BCUT2D eigenvalue weighted by Gasteiger charge is 2.15. The lowest BCUT2D eigenvalue weighted by Gasteiger charge is -2.32. The summed E-state index contributed by atoms with van der Waals surface area (Å²) in [5, 5.41) is 8.13. The fourth-order valence-electron chi connectivity index (χ4n) is 1.55. The third-order valence-electron chi connectivity index (χ3n) is 2.25. The first-order chi connectivity index (χ1) is 5.86. The first-order valence-electron chi connectivity index (χ1n) is 4.47. The van der Waals surface area contributed by atoms with Gasteiger partial charge in [0, 0.05) is 26.2 Å². The normalized spacial score (nSPS) is 33.8. The van der Waals surface area contributed by atoms with Gasteiger partial charge in [-0.25, -0.2) is 0 Å². The topological polar surface area (TPSA) is 15.3 Å². The van der Waals surface area contributed by atoms with Crippen LogP contribution in [0, 0.1) is 0 Å². The predicted molar refractivity (Wildman–Crippen MR) is 56.3 cm³/mol. The highest BCUT2D eigenvalue weighted by Crippen LogP contribution is 2.39. The number of rotatable bonds is 1. The second-order valence-corrected chi connectivity index (χ2v) is 5.15. The average Bonchev–Trinajstić information content (AvgIpc) is 2.54. The number of hydrogen-bond donors (Lipinski definition) is 2. The van der Waals surface area contributed by atoms with Crippen molar-refractivity contribution < 1.29 is 0 Å². The van der Waals surface area contributed by atoms with Crippen molar-refractivity contribution in [1.82, 2.24) is 9.62 Å². The molecular weight excluding hydrogens is 168 g/mol. The van der Waals surface area contributed by atoms with Gasteiger partial charge in [-0.3, -0.25) is 4.31 Å². The van der Waals surface area contributed by atoms with Crippen LogP contribution < -0.4 is 5.32 Å². The number of piperazine rings is 1. The molecule has 1 saturated heterocycles. The van der Waals surface area contributed by atoms with Gasteiger partial charge in [0.05, 0.1) is 0 Å². The molecule has 3 heteroatoms. The largest absolute Gasteiger partial charge is 0.314 e. The van der Waals surface area contributed by atoms with Gasteiger partial charge in [-0.15, -0.1) is 0 Å². The molecule has 1 atom stereocenters. The van der Waals surface area contributed by atoms with Gasteiger partial charge in [0.15, 0.2) is 0 Å². The zero-order chi connectivity index (χ0) is 8.39. The molecule has 2 rings (SSSR count). The SMILES string of the molecule is CC1=C[SH](N2CCNCC2)C=C1. The van der Waals surface area contributed by atoms with Crippen molar-refractivity contribution in [3.05, 3.63) is 22.5 Å². The van der Waals surface area contributed by atoms with Crippen LogP contribution in [0.25, 0.3) is 0 Å². The summed E-state index contributed by atoms with van der Waals surface area (Å²) in [6, 6.07) is 0. The predicted octanol–water partition coefficient (Wildman–Crippen LogP) is 1.24. The Morgan fingerprint density at radius 3 is 2.75 bits per heavy atom. The molecule has 1 N–H and O–H groups in total. The van der Waals surface area contributed by atoms with Crippen molar-refractivity contribution in [3.8, 4) is 0 Å². The van der Waals surface area contributed by atoms with Crippen LogP contribution in [0.15, 0.2) is 22.5 Å². The van der Waals surface area contributed by atoms with E-state index >= 15 is 0 Å². The van der Waals surface area contributed by atoms with E-state index in [1.165, 1.54) is 18.7 Å². The highest BCUT2D eigenvalue weighted by atomic mass is 32.2. The van der Waals surface area contributed by atoms with E-state index in [4.69, 9.17) is 0 Å². The fraction of sp³-hybridized carbons (Fsp3) is 0.556. The summed E-state index contributed by atoms with van der Waals surface area (Å²) in [6.07, 6.45) is 2.24. The van der Waals surface area contributed by atoms with E-state index in [-0.39, 0.29) is 11.1 Å². The van der Waals surface area contributed by atoms with Gasteiger partial charge >= 0.3 is 0 Å². The Balaban J connectivity index is 1.96. The minimum absolute atomic E-state index is 0.0519. The van der Waals surface area contributed by atoms with E-state index in [0.29, 0.717) is 0 Å². The smallest absolute Gasteiger partial charge is 0.0204 e. The average molecular weight is 184 g/mol. The quantitative estimate of drug-likeness (QED) is 0.596.